The third kappa shape index (κ3) is 3.75. The molecule has 0 bridgehead atoms. The lowest BCUT2D eigenvalue weighted by Crippen LogP contribution is -2.26. The number of hydrogen-bond donors (Lipinski definition) is 2. The maximum Gasteiger partial charge on any atom is 0.234 e. The second-order valence-electron chi connectivity index (χ2n) is 2.69. The van der Waals surface area contributed by atoms with Gasteiger partial charge in [-0.05, 0) is 6.54 Å². The number of hydrogen-bond acceptors (Lipinski definition) is 5. The molecule has 1 aromatic heterocycles. The maximum atomic E-state index is 11.4. The Labute approximate surface area is 82.7 Å². The van der Waals surface area contributed by atoms with Gasteiger partial charge in [-0.15, -0.1) is 0 Å². The van der Waals surface area contributed by atoms with Gasteiger partial charge in [0.2, 0.25) is 10.0 Å². The summed E-state index contributed by atoms with van der Waals surface area (Å²) < 4.78 is 29.5. The molecule has 0 aliphatic carbocycles. The smallest absolute Gasteiger partial charge is 0.234 e. The van der Waals surface area contributed by atoms with Gasteiger partial charge in [0.25, 0.3) is 0 Å². The average Bonchev–Trinajstić information content (AvgIpc) is 2.56. The van der Waals surface area contributed by atoms with Gasteiger partial charge in [0.1, 0.15) is 12.0 Å². The van der Waals surface area contributed by atoms with Crippen molar-refractivity contribution in [3.05, 3.63) is 12.5 Å². The number of nitrogens with one attached hydrogen (secondary N) is 2. The van der Waals surface area contributed by atoms with Gasteiger partial charge in [-0.25, -0.2) is 8.42 Å². The molecule has 0 aromatic carbocycles. The van der Waals surface area contributed by atoms with Crippen LogP contribution >= 0.6 is 0 Å². The average molecular weight is 219 g/mol. The Morgan fingerprint density at radius 1 is 1.57 bits per heavy atom. The molecular formula is C7H13N3O3S. The van der Waals surface area contributed by atoms with E-state index in [0.29, 0.717) is 12.2 Å². The lowest BCUT2D eigenvalue weighted by atomic mass is 10.6. The van der Waals surface area contributed by atoms with Crippen LogP contribution in [-0.2, 0) is 10.0 Å². The molecule has 0 unspecified atom stereocenters. The number of rotatable bonds is 6. The first-order chi connectivity index (χ1) is 6.64. The van der Waals surface area contributed by atoms with Crippen LogP contribution in [0.3, 0.4) is 0 Å². The van der Waals surface area contributed by atoms with E-state index < -0.39 is 10.0 Å². The van der Waals surface area contributed by atoms with E-state index in [1.54, 1.807) is 0 Å². The van der Waals surface area contributed by atoms with Gasteiger partial charge in [-0.3, -0.25) is 4.72 Å². The lowest BCUT2D eigenvalue weighted by molar-refractivity contribution is 0.420. The van der Waals surface area contributed by atoms with Crippen LogP contribution < -0.4 is 10.0 Å². The van der Waals surface area contributed by atoms with E-state index in [1.165, 1.54) is 12.5 Å². The molecule has 1 rings (SSSR count). The number of aromatic nitrogens is 1. The van der Waals surface area contributed by atoms with E-state index in [0.717, 1.165) is 6.54 Å². The van der Waals surface area contributed by atoms with Crippen LogP contribution in [0, 0.1) is 0 Å². The maximum absolute atomic E-state index is 11.4. The van der Waals surface area contributed by atoms with Gasteiger partial charge in [-0.1, -0.05) is 12.1 Å². The molecule has 6 nitrogen and oxygen atoms in total. The van der Waals surface area contributed by atoms with Crippen LogP contribution in [0.25, 0.3) is 0 Å². The molecule has 0 radical (unpaired) electrons. The summed E-state index contributed by atoms with van der Waals surface area (Å²) >= 11 is 0. The first-order valence-electron chi connectivity index (χ1n) is 4.24. The summed E-state index contributed by atoms with van der Waals surface area (Å²) in [6.07, 6.45) is 2.55. The zero-order valence-electron chi connectivity index (χ0n) is 7.86. The van der Waals surface area contributed by atoms with Crippen molar-refractivity contribution in [2.45, 2.75) is 6.92 Å². The number of anilines is 1. The summed E-state index contributed by atoms with van der Waals surface area (Å²) in [4.78, 5) is 0. The van der Waals surface area contributed by atoms with Crippen LogP contribution in [0.15, 0.2) is 17.0 Å². The molecule has 0 fully saturated rings. The van der Waals surface area contributed by atoms with Crippen molar-refractivity contribution in [3.63, 3.8) is 0 Å². The standard InChI is InChI=1S/C7H13N3O3S/c1-2-8-3-4-14(11,12)10-7-5-9-13-6-7/h5-6,8,10H,2-4H2,1H3. The molecule has 80 valence electrons. The minimum atomic E-state index is -3.29. The van der Waals surface area contributed by atoms with Crippen LogP contribution in [0.5, 0.6) is 0 Å². The molecule has 1 aromatic rings. The Bertz CT molecular complexity index is 346. The van der Waals surface area contributed by atoms with Gasteiger partial charge < -0.3 is 9.84 Å². The molecule has 14 heavy (non-hydrogen) atoms. The molecule has 0 saturated carbocycles. The van der Waals surface area contributed by atoms with Gasteiger partial charge in [0.15, 0.2) is 0 Å². The van der Waals surface area contributed by atoms with Crippen molar-refractivity contribution in [1.82, 2.24) is 10.5 Å². The summed E-state index contributed by atoms with van der Waals surface area (Å²) in [5.74, 6) is 0.0337. The summed E-state index contributed by atoms with van der Waals surface area (Å²) in [6.45, 7) is 3.10. The molecule has 0 aliphatic heterocycles. The first kappa shape index (κ1) is 11.0. The molecule has 0 saturated heterocycles. The Morgan fingerprint density at radius 2 is 2.36 bits per heavy atom. The fraction of sp³-hybridized carbons (Fsp3) is 0.571. The number of nitrogens with zero attached hydrogens (tertiary/aromatic N) is 1. The fourth-order valence-electron chi connectivity index (χ4n) is 0.869. The SMILES string of the molecule is CCNCCS(=O)(=O)Nc1cnoc1. The predicted octanol–water partition coefficient (Wildman–Crippen LogP) is 0.0258. The van der Waals surface area contributed by atoms with Crippen LogP contribution in [-0.4, -0.2) is 32.4 Å². The van der Waals surface area contributed by atoms with Gasteiger partial charge in [0.05, 0.1) is 11.9 Å². The second kappa shape index (κ2) is 4.97. The molecule has 0 spiro atoms. The Kier molecular flexibility index (Phi) is 3.90. The van der Waals surface area contributed by atoms with Crippen LogP contribution in [0.4, 0.5) is 5.69 Å². The predicted molar refractivity (Wildman–Crippen MR) is 52.5 cm³/mol. The largest absolute Gasteiger partial charge is 0.362 e. The summed E-state index contributed by atoms with van der Waals surface area (Å²) in [5, 5.41) is 6.31. The van der Waals surface area contributed by atoms with E-state index >= 15 is 0 Å². The van der Waals surface area contributed by atoms with Crippen LogP contribution in [0.1, 0.15) is 6.92 Å². The Hall–Kier alpha value is -1.08. The zero-order valence-corrected chi connectivity index (χ0v) is 8.67. The third-order valence-corrected chi connectivity index (χ3v) is 2.79. The zero-order chi connectivity index (χ0) is 10.4. The molecule has 0 atom stereocenters. The minimum Gasteiger partial charge on any atom is -0.362 e. The highest BCUT2D eigenvalue weighted by Crippen LogP contribution is 2.06. The number of sulfonamides is 1. The van der Waals surface area contributed by atoms with Gasteiger partial charge >= 0.3 is 0 Å². The van der Waals surface area contributed by atoms with Gasteiger partial charge in [0, 0.05) is 6.54 Å². The highest BCUT2D eigenvalue weighted by Gasteiger charge is 2.10. The molecule has 1 heterocycles. The third-order valence-electron chi connectivity index (χ3n) is 1.50. The highest BCUT2D eigenvalue weighted by molar-refractivity contribution is 7.92. The van der Waals surface area contributed by atoms with Crippen molar-refractivity contribution in [3.8, 4) is 0 Å². The van der Waals surface area contributed by atoms with Crippen molar-refractivity contribution in [2.75, 3.05) is 23.6 Å². The fourth-order valence-corrected chi connectivity index (χ4v) is 1.84. The molecule has 7 heteroatoms. The second-order valence-corrected chi connectivity index (χ2v) is 4.53. The summed E-state index contributed by atoms with van der Waals surface area (Å²) in [5.41, 5.74) is 0.349. The van der Waals surface area contributed by atoms with E-state index in [2.05, 4.69) is 19.7 Å². The van der Waals surface area contributed by atoms with Crippen molar-refractivity contribution in [1.29, 1.82) is 0 Å². The molecule has 0 amide bonds. The Morgan fingerprint density at radius 3 is 2.93 bits per heavy atom. The quantitative estimate of drug-likeness (QED) is 0.659. The first-order valence-corrected chi connectivity index (χ1v) is 5.90. The molecular weight excluding hydrogens is 206 g/mol. The van der Waals surface area contributed by atoms with E-state index in [9.17, 15) is 8.42 Å². The van der Waals surface area contributed by atoms with Crippen molar-refractivity contribution >= 4 is 15.7 Å². The lowest BCUT2D eigenvalue weighted by Gasteiger charge is -2.04. The minimum absolute atomic E-state index is 0.0337. The van der Waals surface area contributed by atoms with E-state index in [-0.39, 0.29) is 5.75 Å². The van der Waals surface area contributed by atoms with E-state index in [4.69, 9.17) is 0 Å². The molecule has 0 aliphatic rings. The monoisotopic (exact) mass is 219 g/mol. The normalized spacial score (nSPS) is 11.5. The summed E-state index contributed by atoms with van der Waals surface area (Å²) in [6, 6.07) is 0. The highest BCUT2D eigenvalue weighted by atomic mass is 32.2. The Balaban J connectivity index is 2.42. The van der Waals surface area contributed by atoms with Crippen molar-refractivity contribution < 1.29 is 12.9 Å². The molecule has 2 N–H and O–H groups in total. The van der Waals surface area contributed by atoms with Crippen LogP contribution in [0.2, 0.25) is 0 Å². The van der Waals surface area contributed by atoms with Gasteiger partial charge in [-0.2, -0.15) is 0 Å². The van der Waals surface area contributed by atoms with Crippen molar-refractivity contribution in [2.24, 2.45) is 0 Å². The topological polar surface area (TPSA) is 84.2 Å². The summed E-state index contributed by atoms with van der Waals surface area (Å²) in [7, 11) is -3.29. The van der Waals surface area contributed by atoms with E-state index in [1.807, 2.05) is 6.92 Å².